The Bertz CT molecular complexity index is 1610. The molecule has 6 rings (SSSR count). The predicted octanol–water partition coefficient (Wildman–Crippen LogP) is 6.04. The van der Waals surface area contributed by atoms with Gasteiger partial charge in [0.25, 0.3) is 0 Å². The van der Waals surface area contributed by atoms with E-state index in [1.165, 1.54) is 16.7 Å². The molecule has 2 fully saturated rings. The lowest BCUT2D eigenvalue weighted by Crippen LogP contribution is -2.60. The number of imide groups is 1. The molecule has 6 atom stereocenters. The Hall–Kier alpha value is -3.72. The number of aryl methyl sites for hydroxylation is 2. The lowest BCUT2D eigenvalue weighted by Gasteiger charge is -2.56. The van der Waals surface area contributed by atoms with E-state index >= 15 is 0 Å². The minimum Gasteiger partial charge on any atom is -0.465 e. The van der Waals surface area contributed by atoms with Gasteiger partial charge in [0.1, 0.15) is 0 Å². The van der Waals surface area contributed by atoms with E-state index in [1.54, 1.807) is 0 Å². The van der Waals surface area contributed by atoms with Crippen LogP contribution in [0, 0.1) is 22.7 Å². The molecule has 4 amide bonds. The third-order valence-electron chi connectivity index (χ3n) is 12.7. The fourth-order valence-electron chi connectivity index (χ4n) is 10.3. The number of carboxylic acid groups (broad SMARTS) is 1. The summed E-state index contributed by atoms with van der Waals surface area (Å²) in [7, 11) is 0. The molecule has 6 N–H and O–H groups in total. The molecule has 2 aromatic carbocycles. The van der Waals surface area contributed by atoms with Crippen molar-refractivity contribution in [2.24, 2.45) is 28.4 Å². The molecule has 2 aromatic rings. The minimum atomic E-state index is -1.10. The number of hydrogen-bond acceptors (Lipinski definition) is 5. The fourth-order valence-corrected chi connectivity index (χ4v) is 10.3. The largest absolute Gasteiger partial charge is 0.465 e. The van der Waals surface area contributed by atoms with Crippen molar-refractivity contribution in [3.05, 3.63) is 58.7 Å². The highest BCUT2D eigenvalue weighted by molar-refractivity contribution is 6.01. The molecule has 0 spiro atoms. The Morgan fingerprint density at radius 1 is 0.739 bits per heavy atom. The van der Waals surface area contributed by atoms with Gasteiger partial charge in [-0.15, -0.1) is 0 Å². The molecule has 0 heterocycles. The predicted molar refractivity (Wildman–Crippen MR) is 178 cm³/mol. The Morgan fingerprint density at radius 2 is 1.20 bits per heavy atom. The van der Waals surface area contributed by atoms with Gasteiger partial charge in [0.2, 0.25) is 17.7 Å². The molecule has 0 radical (unpaired) electrons. The van der Waals surface area contributed by atoms with Crippen molar-refractivity contribution in [2.75, 3.05) is 17.2 Å². The minimum absolute atomic E-state index is 0.0160. The van der Waals surface area contributed by atoms with Crippen molar-refractivity contribution in [3.63, 3.8) is 0 Å². The average molecular weight is 629 g/mol. The molecule has 0 aliphatic heterocycles. The number of anilines is 2. The molecule has 9 nitrogen and oxygen atoms in total. The van der Waals surface area contributed by atoms with Crippen LogP contribution < -0.4 is 21.7 Å². The molecule has 4 aliphatic rings. The molecule has 9 heteroatoms. The van der Waals surface area contributed by atoms with Crippen LogP contribution in [0.2, 0.25) is 0 Å². The first-order chi connectivity index (χ1) is 21.7. The number of amides is 4. The molecule has 0 bridgehead atoms. The van der Waals surface area contributed by atoms with Crippen LogP contribution in [0.1, 0.15) is 101 Å². The van der Waals surface area contributed by atoms with E-state index in [1.807, 2.05) is 38.1 Å². The number of nitrogens with two attached hydrogens (primary N) is 1. The number of benzene rings is 2. The molecule has 0 saturated heterocycles. The third-order valence-corrected chi connectivity index (χ3v) is 12.7. The highest BCUT2D eigenvalue weighted by Gasteiger charge is 2.58. The van der Waals surface area contributed by atoms with Crippen LogP contribution in [-0.2, 0) is 38.1 Å². The van der Waals surface area contributed by atoms with Crippen LogP contribution in [-0.4, -0.2) is 35.5 Å². The van der Waals surface area contributed by atoms with Crippen molar-refractivity contribution >= 4 is 35.2 Å². The van der Waals surface area contributed by atoms with Crippen LogP contribution in [0.15, 0.2) is 36.4 Å². The van der Waals surface area contributed by atoms with Gasteiger partial charge in [-0.1, -0.05) is 52.7 Å². The number of rotatable bonds is 5. The van der Waals surface area contributed by atoms with Crippen molar-refractivity contribution in [3.8, 4) is 0 Å². The summed E-state index contributed by atoms with van der Waals surface area (Å²) < 4.78 is 0. The van der Waals surface area contributed by atoms with Gasteiger partial charge in [0.15, 0.2) is 0 Å². The quantitative estimate of drug-likeness (QED) is 0.255. The van der Waals surface area contributed by atoms with Crippen molar-refractivity contribution in [1.82, 2.24) is 5.32 Å². The molecule has 0 aromatic heterocycles. The molecule has 4 aliphatic carbocycles. The van der Waals surface area contributed by atoms with Gasteiger partial charge in [0, 0.05) is 11.4 Å². The molecule has 2 saturated carbocycles. The number of carbonyl (C=O) groups is 4. The fraction of sp³-hybridized carbons (Fsp3) is 0.568. The van der Waals surface area contributed by atoms with Crippen LogP contribution in [0.5, 0.6) is 0 Å². The SMILES string of the molecule is C[C@]1(C(=O)NC(=O)[C@@]2(C)CCC[C@]3(C)c4cc(NC(=O)CN)ccc4CC[C@@H]23)CCC[C@]2(C)c3cc(NC(=O)O)ccc3CC[C@@H]12. The summed E-state index contributed by atoms with van der Waals surface area (Å²) in [6.45, 7) is 8.45. The number of nitrogens with one attached hydrogen (secondary N) is 3. The molecular formula is C37H48N4O5. The van der Waals surface area contributed by atoms with E-state index in [9.17, 15) is 24.3 Å². The summed E-state index contributed by atoms with van der Waals surface area (Å²) >= 11 is 0. The number of fused-ring (bicyclic) bond motifs is 6. The smallest absolute Gasteiger partial charge is 0.409 e. The van der Waals surface area contributed by atoms with Gasteiger partial charge in [-0.05, 0) is 121 Å². The molecule has 246 valence electrons. The van der Waals surface area contributed by atoms with Crippen LogP contribution in [0.25, 0.3) is 0 Å². The lowest BCUT2D eigenvalue weighted by molar-refractivity contribution is -0.150. The first kappa shape index (κ1) is 32.2. The van der Waals surface area contributed by atoms with E-state index in [-0.39, 0.29) is 46.9 Å². The molecular weight excluding hydrogens is 580 g/mol. The van der Waals surface area contributed by atoms with Crippen LogP contribution >= 0.6 is 0 Å². The van der Waals surface area contributed by atoms with Gasteiger partial charge in [-0.3, -0.25) is 25.0 Å². The van der Waals surface area contributed by atoms with Crippen LogP contribution in [0.4, 0.5) is 16.2 Å². The average Bonchev–Trinajstić information content (AvgIpc) is 3.01. The Kier molecular flexibility index (Phi) is 8.06. The normalized spacial score (nSPS) is 32.9. The van der Waals surface area contributed by atoms with E-state index in [4.69, 9.17) is 5.73 Å². The topological polar surface area (TPSA) is 151 Å². The summed E-state index contributed by atoms with van der Waals surface area (Å²) in [5.41, 5.74) is 9.50. The molecule has 0 unspecified atom stereocenters. The summed E-state index contributed by atoms with van der Waals surface area (Å²) in [5, 5.41) is 17.7. The van der Waals surface area contributed by atoms with Gasteiger partial charge in [0.05, 0.1) is 17.4 Å². The zero-order valence-corrected chi connectivity index (χ0v) is 27.6. The van der Waals surface area contributed by atoms with Gasteiger partial charge in [-0.25, -0.2) is 4.79 Å². The maximum absolute atomic E-state index is 14.4. The first-order valence-corrected chi connectivity index (χ1v) is 16.9. The van der Waals surface area contributed by atoms with Crippen LogP contribution in [0.3, 0.4) is 0 Å². The van der Waals surface area contributed by atoms with Crippen molar-refractivity contribution in [2.45, 2.75) is 103 Å². The maximum Gasteiger partial charge on any atom is 0.409 e. The Morgan fingerprint density at radius 3 is 1.63 bits per heavy atom. The van der Waals surface area contributed by atoms with E-state index in [0.29, 0.717) is 12.1 Å². The summed E-state index contributed by atoms with van der Waals surface area (Å²) in [5.74, 6) is -0.548. The number of carbonyl (C=O) groups excluding carboxylic acids is 3. The zero-order chi connectivity index (χ0) is 33.1. The third kappa shape index (κ3) is 5.11. The molecule has 46 heavy (non-hydrogen) atoms. The van der Waals surface area contributed by atoms with E-state index in [2.05, 4.69) is 41.9 Å². The van der Waals surface area contributed by atoms with E-state index in [0.717, 1.165) is 69.0 Å². The van der Waals surface area contributed by atoms with E-state index < -0.39 is 16.9 Å². The van der Waals surface area contributed by atoms with Crippen molar-refractivity contribution in [1.29, 1.82) is 0 Å². The van der Waals surface area contributed by atoms with Gasteiger partial charge >= 0.3 is 6.09 Å². The summed E-state index contributed by atoms with van der Waals surface area (Å²) in [4.78, 5) is 52.2. The van der Waals surface area contributed by atoms with Crippen molar-refractivity contribution < 1.29 is 24.3 Å². The number of hydrogen-bond donors (Lipinski definition) is 5. The standard InChI is InChI=1S/C37H48N4O5/c1-34-15-5-17-36(3,28(34)13-9-22-7-11-24(19-26(22)34)39-30(42)21-38)31(43)41-32(44)37(4)18-6-16-35(2)27-20-25(40-33(45)46)12-8-23(27)10-14-29(35)37/h7-8,11-12,19-20,28-29,40H,5-6,9-10,13-18,21,38H2,1-4H3,(H,39,42)(H,45,46)(H,41,43,44)/t28-,29-,34-,35-,36+,37+/m1/s1. The summed E-state index contributed by atoms with van der Waals surface area (Å²) in [6, 6.07) is 11.8. The van der Waals surface area contributed by atoms with Gasteiger partial charge in [-0.2, -0.15) is 0 Å². The highest BCUT2D eigenvalue weighted by atomic mass is 16.4. The second-order valence-corrected chi connectivity index (χ2v) is 15.3. The highest BCUT2D eigenvalue weighted by Crippen LogP contribution is 2.59. The summed E-state index contributed by atoms with van der Waals surface area (Å²) in [6.07, 6.45) is 7.23. The second kappa shape index (κ2) is 11.5. The Balaban J connectivity index is 1.26. The monoisotopic (exact) mass is 628 g/mol. The Labute approximate surface area is 271 Å². The van der Waals surface area contributed by atoms with Gasteiger partial charge < -0.3 is 16.2 Å². The first-order valence-electron chi connectivity index (χ1n) is 16.9. The second-order valence-electron chi connectivity index (χ2n) is 15.3. The zero-order valence-electron chi connectivity index (χ0n) is 27.6. The maximum atomic E-state index is 14.4. The lowest BCUT2D eigenvalue weighted by atomic mass is 9.49.